The minimum absolute atomic E-state index is 0.192. The molecule has 0 radical (unpaired) electrons. The number of carbonyl (C=O) groups is 1. The Morgan fingerprint density at radius 1 is 1.48 bits per heavy atom. The molecule has 4 rings (SSSR count). The molecule has 0 amide bonds. The lowest BCUT2D eigenvalue weighted by molar-refractivity contribution is -0.136. The summed E-state index contributed by atoms with van der Waals surface area (Å²) < 4.78 is 7.23. The van der Waals surface area contributed by atoms with E-state index in [9.17, 15) is 19.8 Å². The maximum atomic E-state index is 13.2. The molecular formula is C17H15N3O6S. The highest BCUT2D eigenvalue weighted by molar-refractivity contribution is 7.09. The van der Waals surface area contributed by atoms with E-state index >= 15 is 0 Å². The number of nitrogens with zero attached hydrogens (tertiary/aromatic N) is 2. The molecule has 1 aliphatic heterocycles. The average molecular weight is 389 g/mol. The number of aromatic hydroxyl groups is 1. The van der Waals surface area contributed by atoms with Gasteiger partial charge in [0.15, 0.2) is 0 Å². The molecule has 0 saturated heterocycles. The van der Waals surface area contributed by atoms with Crippen LogP contribution in [-0.4, -0.2) is 44.0 Å². The summed E-state index contributed by atoms with van der Waals surface area (Å²) in [7, 11) is 0. The van der Waals surface area contributed by atoms with Gasteiger partial charge in [0.05, 0.1) is 22.4 Å². The quantitative estimate of drug-likeness (QED) is 0.471. The maximum Gasteiger partial charge on any atom is 0.317 e. The van der Waals surface area contributed by atoms with Crippen LogP contribution in [0.15, 0.2) is 34.7 Å². The van der Waals surface area contributed by atoms with Gasteiger partial charge in [0.1, 0.15) is 35.9 Å². The molecule has 0 fully saturated rings. The van der Waals surface area contributed by atoms with Crippen LogP contribution in [0.2, 0.25) is 0 Å². The Labute approximate surface area is 156 Å². The summed E-state index contributed by atoms with van der Waals surface area (Å²) in [5, 5.41) is 32.4. The van der Waals surface area contributed by atoms with E-state index in [-0.39, 0.29) is 12.2 Å². The molecule has 0 aliphatic carbocycles. The minimum Gasteiger partial charge on any atom is -0.507 e. The smallest absolute Gasteiger partial charge is 0.317 e. The van der Waals surface area contributed by atoms with Crippen molar-refractivity contribution in [3.05, 3.63) is 50.7 Å². The van der Waals surface area contributed by atoms with Crippen molar-refractivity contribution < 1.29 is 24.9 Å². The summed E-state index contributed by atoms with van der Waals surface area (Å²) >= 11 is 1.36. The summed E-state index contributed by atoms with van der Waals surface area (Å²) in [4.78, 5) is 28.8. The zero-order chi connectivity index (χ0) is 19.1. The van der Waals surface area contributed by atoms with Crippen molar-refractivity contribution in [1.29, 1.82) is 0 Å². The summed E-state index contributed by atoms with van der Waals surface area (Å²) in [5.74, 6) is -1.17. The van der Waals surface area contributed by atoms with Gasteiger partial charge in [0.2, 0.25) is 0 Å². The predicted molar refractivity (Wildman–Crippen MR) is 96.2 cm³/mol. The number of aliphatic hydroxyl groups is 1. The van der Waals surface area contributed by atoms with E-state index in [1.807, 2.05) is 0 Å². The molecule has 2 unspecified atom stereocenters. The first-order valence-corrected chi connectivity index (χ1v) is 8.91. The van der Waals surface area contributed by atoms with E-state index in [1.54, 1.807) is 29.9 Å². The summed E-state index contributed by atoms with van der Waals surface area (Å²) in [6.45, 7) is -0.378. The van der Waals surface area contributed by atoms with Gasteiger partial charge in [-0.25, -0.2) is 0 Å². The number of carboxylic acid groups (broad SMARTS) is 1. The number of aromatic nitrogens is 2. The van der Waals surface area contributed by atoms with Gasteiger partial charge in [-0.1, -0.05) is 6.07 Å². The van der Waals surface area contributed by atoms with Crippen molar-refractivity contribution in [3.8, 4) is 11.5 Å². The molecule has 140 valence electrons. The standard InChI is InChI=1S/C17H15N3O6S/c21-12(22)5-19-16(24)13-15(23)8-2-1-3-10-14(8)20(17(13)25)9(6-26-10)11-4-18-7-27-11/h1-4,7,9,16,19,23-24H,5-6H2,(H,21,22). The maximum absolute atomic E-state index is 13.2. The molecule has 10 heteroatoms. The van der Waals surface area contributed by atoms with Crippen molar-refractivity contribution >= 4 is 28.2 Å². The van der Waals surface area contributed by atoms with Gasteiger partial charge in [0.25, 0.3) is 5.56 Å². The number of hydrogen-bond acceptors (Lipinski definition) is 8. The highest BCUT2D eigenvalue weighted by atomic mass is 32.1. The monoisotopic (exact) mass is 389 g/mol. The van der Waals surface area contributed by atoms with E-state index in [4.69, 9.17) is 9.84 Å². The van der Waals surface area contributed by atoms with Crippen molar-refractivity contribution in [1.82, 2.24) is 14.9 Å². The first-order chi connectivity index (χ1) is 13.0. The number of aliphatic hydroxyl groups excluding tert-OH is 1. The molecule has 9 nitrogen and oxygen atoms in total. The Morgan fingerprint density at radius 3 is 3.00 bits per heavy atom. The predicted octanol–water partition coefficient (Wildman–Crippen LogP) is 0.811. The minimum atomic E-state index is -1.64. The molecular weight excluding hydrogens is 374 g/mol. The van der Waals surface area contributed by atoms with Crippen LogP contribution in [0.3, 0.4) is 0 Å². The third-order valence-corrected chi connectivity index (χ3v) is 5.28. The van der Waals surface area contributed by atoms with Gasteiger partial charge in [-0.15, -0.1) is 11.3 Å². The van der Waals surface area contributed by atoms with E-state index in [1.165, 1.54) is 15.9 Å². The zero-order valence-electron chi connectivity index (χ0n) is 13.8. The van der Waals surface area contributed by atoms with Gasteiger partial charge >= 0.3 is 5.97 Å². The lowest BCUT2D eigenvalue weighted by Gasteiger charge is -2.29. The number of rotatable bonds is 5. The van der Waals surface area contributed by atoms with Crippen LogP contribution in [0.25, 0.3) is 10.9 Å². The fraction of sp³-hybridized carbons (Fsp3) is 0.235. The number of benzene rings is 1. The van der Waals surface area contributed by atoms with Gasteiger partial charge < -0.3 is 20.1 Å². The van der Waals surface area contributed by atoms with Crippen molar-refractivity contribution in [3.63, 3.8) is 0 Å². The number of hydrogen-bond donors (Lipinski definition) is 4. The molecule has 3 aromatic rings. The Kier molecular flexibility index (Phi) is 4.30. The van der Waals surface area contributed by atoms with E-state index in [0.29, 0.717) is 16.7 Å². The van der Waals surface area contributed by atoms with Crippen LogP contribution >= 0.6 is 11.3 Å². The molecule has 0 spiro atoms. The van der Waals surface area contributed by atoms with E-state index < -0.39 is 36.1 Å². The van der Waals surface area contributed by atoms with Crippen molar-refractivity contribution in [2.45, 2.75) is 12.3 Å². The average Bonchev–Trinajstić information content (AvgIpc) is 3.18. The molecule has 2 atom stereocenters. The highest BCUT2D eigenvalue weighted by Crippen LogP contribution is 2.39. The topological polar surface area (TPSA) is 134 Å². The second-order valence-corrected chi connectivity index (χ2v) is 6.92. The molecule has 0 saturated carbocycles. The van der Waals surface area contributed by atoms with E-state index in [0.717, 1.165) is 4.88 Å². The molecule has 0 bridgehead atoms. The number of para-hydroxylation sites is 1. The number of carboxylic acids is 1. The van der Waals surface area contributed by atoms with Gasteiger partial charge in [-0.05, 0) is 12.1 Å². The van der Waals surface area contributed by atoms with Crippen LogP contribution < -0.4 is 15.6 Å². The number of ether oxygens (including phenoxy) is 1. The highest BCUT2D eigenvalue weighted by Gasteiger charge is 2.31. The molecule has 27 heavy (non-hydrogen) atoms. The molecule has 4 N–H and O–H groups in total. The summed E-state index contributed by atoms with van der Waals surface area (Å²) in [6.07, 6.45) is -0.00773. The second kappa shape index (κ2) is 6.65. The van der Waals surface area contributed by atoms with Gasteiger partial charge in [0, 0.05) is 11.6 Å². The lowest BCUT2D eigenvalue weighted by atomic mass is 10.0. The normalized spacial score (nSPS) is 16.9. The molecule has 3 heterocycles. The second-order valence-electron chi connectivity index (χ2n) is 6.00. The fourth-order valence-electron chi connectivity index (χ4n) is 3.23. The Morgan fingerprint density at radius 2 is 2.30 bits per heavy atom. The molecule has 1 aliphatic rings. The third-order valence-electron chi connectivity index (χ3n) is 4.41. The van der Waals surface area contributed by atoms with Crippen molar-refractivity contribution in [2.24, 2.45) is 0 Å². The van der Waals surface area contributed by atoms with Crippen LogP contribution in [-0.2, 0) is 4.79 Å². The van der Waals surface area contributed by atoms with Crippen LogP contribution in [0.1, 0.15) is 22.7 Å². The van der Waals surface area contributed by atoms with Gasteiger partial charge in [-0.3, -0.25) is 24.5 Å². The first kappa shape index (κ1) is 17.5. The van der Waals surface area contributed by atoms with Gasteiger partial charge in [-0.2, -0.15) is 0 Å². The lowest BCUT2D eigenvalue weighted by Crippen LogP contribution is -2.38. The molecule has 2 aromatic heterocycles. The number of nitrogens with one attached hydrogen (secondary N) is 1. The zero-order valence-corrected chi connectivity index (χ0v) is 14.6. The largest absolute Gasteiger partial charge is 0.507 e. The summed E-state index contributed by atoms with van der Waals surface area (Å²) in [6, 6.07) is 4.49. The molecule has 1 aromatic carbocycles. The number of aliphatic carboxylic acids is 1. The Hall–Kier alpha value is -2.95. The first-order valence-electron chi connectivity index (χ1n) is 8.03. The van der Waals surface area contributed by atoms with Crippen LogP contribution in [0, 0.1) is 0 Å². The Balaban J connectivity index is 1.97. The SMILES string of the molecule is O=C(O)CNC(O)c1c(O)c2cccc3c2n(c1=O)C(c1cncs1)CO3. The van der Waals surface area contributed by atoms with E-state index in [2.05, 4.69) is 10.3 Å². The van der Waals surface area contributed by atoms with Crippen LogP contribution in [0.4, 0.5) is 0 Å². The number of pyridine rings is 1. The fourth-order valence-corrected chi connectivity index (χ4v) is 3.92. The van der Waals surface area contributed by atoms with Crippen molar-refractivity contribution in [2.75, 3.05) is 13.2 Å². The Bertz CT molecular complexity index is 1080. The number of thiazole rings is 1. The van der Waals surface area contributed by atoms with Crippen LogP contribution in [0.5, 0.6) is 11.5 Å². The summed E-state index contributed by atoms with van der Waals surface area (Å²) in [5.41, 5.74) is 1.12. The third kappa shape index (κ3) is 2.83.